The van der Waals surface area contributed by atoms with E-state index in [0.717, 1.165) is 16.5 Å². The highest BCUT2D eigenvalue weighted by atomic mass is 32.2. The van der Waals surface area contributed by atoms with Crippen molar-refractivity contribution in [1.82, 2.24) is 45.7 Å². The molecule has 0 fully saturated rings. The van der Waals surface area contributed by atoms with Crippen LogP contribution in [0.25, 0.3) is 22.3 Å². The third kappa shape index (κ3) is 17.8. The number of nitrogens with two attached hydrogens (primary N) is 1. The first-order chi connectivity index (χ1) is 40.5. The minimum atomic E-state index is -1.63. The Morgan fingerprint density at radius 3 is 2.33 bits per heavy atom. The van der Waals surface area contributed by atoms with Crippen LogP contribution in [0.15, 0.2) is 76.9 Å². The van der Waals surface area contributed by atoms with E-state index in [2.05, 4.69) is 48.4 Å². The van der Waals surface area contributed by atoms with Gasteiger partial charge in [0.1, 0.15) is 32.5 Å². The maximum Gasteiger partial charge on any atom is 0.509 e. The Labute approximate surface area is 488 Å². The van der Waals surface area contributed by atoms with E-state index in [0.29, 0.717) is 71.1 Å². The fourth-order valence-corrected chi connectivity index (χ4v) is 9.57. The van der Waals surface area contributed by atoms with Gasteiger partial charge >= 0.3 is 18.2 Å². The lowest BCUT2D eigenvalue weighted by molar-refractivity contribution is -0.159. The van der Waals surface area contributed by atoms with E-state index in [4.69, 9.17) is 34.4 Å². The highest BCUT2D eigenvalue weighted by Crippen LogP contribution is 2.39. The lowest BCUT2D eigenvalue weighted by Gasteiger charge is -2.26. The number of urea groups is 1. The molecular weight excluding hydrogens is 1110 g/mol. The van der Waals surface area contributed by atoms with E-state index in [1.54, 1.807) is 40.1 Å². The van der Waals surface area contributed by atoms with Crippen molar-refractivity contribution in [2.75, 3.05) is 64.2 Å². The van der Waals surface area contributed by atoms with Crippen LogP contribution in [0.2, 0.25) is 0 Å². The molecule has 7 amide bonds. The van der Waals surface area contributed by atoms with Crippen LogP contribution in [0.5, 0.6) is 0 Å². The summed E-state index contributed by atoms with van der Waals surface area (Å²) in [7, 11) is 0. The highest BCUT2D eigenvalue weighted by Gasteiger charge is 2.39. The zero-order valence-corrected chi connectivity index (χ0v) is 47.9. The van der Waals surface area contributed by atoms with E-state index < -0.39 is 66.8 Å². The van der Waals surface area contributed by atoms with Crippen LogP contribution in [0, 0.1) is 11.8 Å². The Morgan fingerprint density at radius 2 is 1.62 bits per heavy atom. The molecule has 2 atom stereocenters. The van der Waals surface area contributed by atoms with Gasteiger partial charge in [-0.3, -0.25) is 28.8 Å². The number of cyclic esters (lactones) is 1. The summed E-state index contributed by atoms with van der Waals surface area (Å²) in [5.74, 6) is 3.08. The predicted octanol–water partition coefficient (Wildman–Crippen LogP) is 3.55. The van der Waals surface area contributed by atoms with Gasteiger partial charge < -0.3 is 65.5 Å². The number of carbonyl (C=O) groups is 8. The van der Waals surface area contributed by atoms with Crippen molar-refractivity contribution in [1.29, 1.82) is 0 Å². The van der Waals surface area contributed by atoms with E-state index in [1.165, 1.54) is 30.8 Å². The molecule has 0 saturated carbocycles. The molecule has 0 radical (unpaired) electrons. The molecule has 2 aliphatic rings. The maximum absolute atomic E-state index is 14.1. The van der Waals surface area contributed by atoms with Gasteiger partial charge in [0.2, 0.25) is 35.6 Å². The maximum atomic E-state index is 14.1. The van der Waals surface area contributed by atoms with E-state index in [9.17, 15) is 43.2 Å². The molecule has 7 N–H and O–H groups in total. The van der Waals surface area contributed by atoms with Gasteiger partial charge in [-0.25, -0.2) is 29.3 Å². The zero-order valence-electron chi connectivity index (χ0n) is 47.0. The average molecular weight is 1170 g/mol. The SMILES string of the molecule is CSc1ncc(C#CCCCC(=O)NCCOCCNC(=O)COCC(=O)N[C@@H](CCCNC(N)=O)C(=O)Nc2ccc(COC(=O)O[C@@H]3C(=O)OCc4c3cc3n(c4=O)Cc4c-3nc3ccccc3c4CCN(C(C)=O)C(C)C)cc2)cn1. The summed E-state index contributed by atoms with van der Waals surface area (Å²) < 4.78 is 28.5. The monoisotopic (exact) mass is 1170 g/mol. The van der Waals surface area contributed by atoms with Gasteiger partial charge in [0, 0.05) is 86.6 Å². The summed E-state index contributed by atoms with van der Waals surface area (Å²) in [5, 5.41) is 14.7. The van der Waals surface area contributed by atoms with Gasteiger partial charge in [0.15, 0.2) is 5.16 Å². The minimum Gasteiger partial charge on any atom is -0.458 e. The summed E-state index contributed by atoms with van der Waals surface area (Å²) in [6, 6.07) is 13.5. The topological polar surface area (TPSA) is 333 Å². The van der Waals surface area contributed by atoms with Gasteiger partial charge in [-0.15, -0.1) is 0 Å². The summed E-state index contributed by atoms with van der Waals surface area (Å²) in [5.41, 5.74) is 9.93. The lowest BCUT2D eigenvalue weighted by atomic mass is 9.96. The highest BCUT2D eigenvalue weighted by molar-refractivity contribution is 7.98. The summed E-state index contributed by atoms with van der Waals surface area (Å²) in [4.78, 5) is 130. The van der Waals surface area contributed by atoms with E-state index in [-0.39, 0.29) is 94.4 Å². The van der Waals surface area contributed by atoms with Crippen molar-refractivity contribution in [3.63, 3.8) is 0 Å². The second-order valence-corrected chi connectivity index (χ2v) is 20.4. The number of hydrogen-bond acceptors (Lipinski definition) is 18. The van der Waals surface area contributed by atoms with Crippen molar-refractivity contribution in [3.05, 3.63) is 111 Å². The number of nitrogens with one attached hydrogen (secondary N) is 5. The molecule has 0 spiro atoms. The lowest BCUT2D eigenvalue weighted by Crippen LogP contribution is -2.46. The number of benzene rings is 2. The Morgan fingerprint density at radius 1 is 0.893 bits per heavy atom. The number of amides is 7. The van der Waals surface area contributed by atoms with Crippen molar-refractivity contribution < 1.29 is 62.0 Å². The Kier molecular flexibility index (Phi) is 23.1. The molecule has 0 unspecified atom stereocenters. The molecule has 2 aliphatic heterocycles. The van der Waals surface area contributed by atoms with Crippen molar-refractivity contribution in [3.8, 4) is 23.2 Å². The predicted molar refractivity (Wildman–Crippen MR) is 307 cm³/mol. The molecular formula is C58H67N11O14S. The number of aromatic nitrogens is 4. The molecule has 444 valence electrons. The standard InChI is InChI=1S/C58H67N11O14S/c1-35(2)68(36(3)70)24-20-40-41-12-8-9-13-45(41)67-51-43(40)30-69-47(51)27-42-44(54(69)75)32-81-55(76)52(42)83-58(78)82-31-37-16-18-39(19-17-37)65-53(74)46(14-10-21-62-56(59)77)66-50(73)34-80-33-49(72)61-23-26-79-25-22-60-48(71)15-7-5-6-11-38-28-63-57(84-4)64-29-38/h8-9,12-13,16-19,27-29,35,46,52H,5,7,10,14-15,20-26,30-34H2,1-4H3,(H,60,71)(H,61,72)(H,65,74)(H,66,73)(H3,59,62,77)/t46-,52-/m0/s1. The van der Waals surface area contributed by atoms with Crippen molar-refractivity contribution in [2.45, 2.75) is 102 Å². The molecule has 26 heteroatoms. The van der Waals surface area contributed by atoms with E-state index >= 15 is 0 Å². The zero-order chi connectivity index (χ0) is 60.1. The number of esters is 1. The van der Waals surface area contributed by atoms with Crippen LogP contribution in [-0.4, -0.2) is 143 Å². The molecule has 2 aromatic carbocycles. The number of unbranched alkanes of at least 4 members (excludes halogenated alkanes) is 1. The van der Waals surface area contributed by atoms with Gasteiger partial charge in [-0.1, -0.05) is 53.9 Å². The Bertz CT molecular complexity index is 3350. The first kappa shape index (κ1) is 62.7. The molecule has 5 heterocycles. The second-order valence-electron chi connectivity index (χ2n) is 19.6. The molecule has 25 nitrogen and oxygen atoms in total. The summed E-state index contributed by atoms with van der Waals surface area (Å²) >= 11 is 1.44. The molecule has 84 heavy (non-hydrogen) atoms. The van der Waals surface area contributed by atoms with Crippen LogP contribution < -0.4 is 37.9 Å². The first-order valence-corrected chi connectivity index (χ1v) is 28.4. The Balaban J connectivity index is 0.841. The number of nitrogens with zero attached hydrogens (tertiary/aromatic N) is 5. The number of para-hydroxylation sites is 1. The summed E-state index contributed by atoms with van der Waals surface area (Å²) in [6.07, 6.45) is 4.63. The van der Waals surface area contributed by atoms with Gasteiger partial charge in [0.05, 0.1) is 47.8 Å². The minimum absolute atomic E-state index is 0.0247. The Hall–Kier alpha value is -8.93. The molecule has 5 aromatic rings. The van der Waals surface area contributed by atoms with Crippen molar-refractivity contribution >= 4 is 76.0 Å². The van der Waals surface area contributed by atoms with Crippen molar-refractivity contribution in [2.24, 2.45) is 5.73 Å². The van der Waals surface area contributed by atoms with Crippen LogP contribution in [0.3, 0.4) is 0 Å². The van der Waals surface area contributed by atoms with Crippen LogP contribution in [0.1, 0.15) is 92.4 Å². The largest absolute Gasteiger partial charge is 0.509 e. The van der Waals surface area contributed by atoms with Gasteiger partial charge in [-0.2, -0.15) is 0 Å². The van der Waals surface area contributed by atoms with E-state index in [1.807, 2.05) is 44.4 Å². The number of pyridine rings is 2. The number of ether oxygens (including phenoxy) is 5. The third-order valence-corrected chi connectivity index (χ3v) is 13.9. The van der Waals surface area contributed by atoms with Gasteiger partial charge in [0.25, 0.3) is 5.56 Å². The van der Waals surface area contributed by atoms with Crippen LogP contribution in [-0.2, 0) is 78.6 Å². The average Bonchev–Trinajstić information content (AvgIpc) is 1.62. The number of hydrogen-bond donors (Lipinski definition) is 6. The molecule has 0 saturated heterocycles. The number of primary amides is 1. The van der Waals surface area contributed by atoms with Crippen LogP contribution >= 0.6 is 11.8 Å². The van der Waals surface area contributed by atoms with Gasteiger partial charge in [-0.05, 0) is 81.2 Å². The normalized spacial score (nSPS) is 13.2. The van der Waals surface area contributed by atoms with Crippen LogP contribution in [0.4, 0.5) is 15.3 Å². The number of rotatable bonds is 28. The first-order valence-electron chi connectivity index (χ1n) is 27.2. The molecule has 7 rings (SSSR count). The molecule has 0 bridgehead atoms. The number of carbonyl (C=O) groups excluding carboxylic acids is 8. The number of thioether (sulfide) groups is 1. The molecule has 3 aromatic heterocycles. The second kappa shape index (κ2) is 30.9. The fourth-order valence-electron chi connectivity index (χ4n) is 9.25. The number of fused-ring (bicyclic) bond motifs is 5. The number of anilines is 1. The summed E-state index contributed by atoms with van der Waals surface area (Å²) in [6.45, 7) is 5.34. The smallest absolute Gasteiger partial charge is 0.458 e. The fraction of sp³-hybridized carbons (Fsp3) is 0.414. The molecule has 0 aliphatic carbocycles. The third-order valence-electron chi connectivity index (χ3n) is 13.4. The quantitative estimate of drug-likeness (QED) is 0.0134.